The van der Waals surface area contributed by atoms with E-state index in [1.165, 1.54) is 21.6 Å². The highest BCUT2D eigenvalue weighted by Gasteiger charge is 1.99. The van der Waals surface area contributed by atoms with E-state index in [1.807, 2.05) is 39.8 Å². The van der Waals surface area contributed by atoms with E-state index >= 15 is 0 Å². The number of rotatable bonds is 9. The maximum atomic E-state index is 10.2. The minimum absolute atomic E-state index is 0.170. The highest BCUT2D eigenvalue weighted by Crippen LogP contribution is 2.24. The number of aldehydes is 1. The Kier molecular flexibility index (Phi) is 26.6. The second-order valence-corrected chi connectivity index (χ2v) is 5.97. The first kappa shape index (κ1) is 26.6. The van der Waals surface area contributed by atoms with Crippen molar-refractivity contribution in [3.63, 3.8) is 0 Å². The molecule has 23 heavy (non-hydrogen) atoms. The van der Waals surface area contributed by atoms with Crippen molar-refractivity contribution in [2.24, 2.45) is 10.7 Å². The van der Waals surface area contributed by atoms with Gasteiger partial charge >= 0.3 is 5.97 Å². The van der Waals surface area contributed by atoms with Crippen molar-refractivity contribution >= 4 is 44.8 Å². The summed E-state index contributed by atoms with van der Waals surface area (Å²) in [5, 5.41) is 9.37. The largest absolute Gasteiger partial charge is 0.481 e. The van der Waals surface area contributed by atoms with Crippen LogP contribution in [-0.2, 0) is 14.4 Å². The number of hydrogen-bond donors (Lipinski definition) is 2. The van der Waals surface area contributed by atoms with Crippen molar-refractivity contribution in [1.29, 1.82) is 0 Å². The van der Waals surface area contributed by atoms with Crippen LogP contribution < -0.4 is 5.73 Å². The van der Waals surface area contributed by atoms with Gasteiger partial charge in [-0.25, -0.2) is 0 Å². The van der Waals surface area contributed by atoms with Gasteiger partial charge in [0.2, 0.25) is 5.91 Å². The third-order valence-corrected chi connectivity index (χ3v) is 3.97. The van der Waals surface area contributed by atoms with Gasteiger partial charge in [-0.1, -0.05) is 30.7 Å². The van der Waals surface area contributed by atoms with Crippen LogP contribution in [0, 0.1) is 0 Å². The number of aliphatic imine (C=N–C) groups is 1. The summed E-state index contributed by atoms with van der Waals surface area (Å²) in [6, 6.07) is 0. The second-order valence-electron chi connectivity index (χ2n) is 3.53. The van der Waals surface area contributed by atoms with Crippen LogP contribution in [0.3, 0.4) is 0 Å². The number of nitrogens with two attached hydrogens (primary N) is 1. The number of primary amides is 1. The Hall–Kier alpha value is -1.28. The van der Waals surface area contributed by atoms with E-state index in [0.717, 1.165) is 11.6 Å². The summed E-state index contributed by atoms with van der Waals surface area (Å²) in [4.78, 5) is 33.8. The molecule has 0 aromatic heterocycles. The fourth-order valence-corrected chi connectivity index (χ4v) is 2.86. The number of aliphatic carboxylic acids is 1. The van der Waals surface area contributed by atoms with E-state index in [-0.39, 0.29) is 19.3 Å². The molecule has 0 saturated carbocycles. The molecule has 134 valence electrons. The fraction of sp³-hybridized carbons (Fsp3) is 0.600. The van der Waals surface area contributed by atoms with Crippen molar-refractivity contribution in [1.82, 2.24) is 0 Å². The van der Waals surface area contributed by atoms with E-state index < -0.39 is 11.9 Å². The van der Waals surface area contributed by atoms with Gasteiger partial charge in [-0.05, 0) is 30.7 Å². The zero-order chi connectivity index (χ0) is 18.5. The van der Waals surface area contributed by atoms with E-state index in [2.05, 4.69) is 10.7 Å². The van der Waals surface area contributed by atoms with Gasteiger partial charge in [0.05, 0.1) is 6.42 Å². The number of carboxylic acid groups (broad SMARTS) is 1. The smallest absolute Gasteiger partial charge is 0.304 e. The van der Waals surface area contributed by atoms with Gasteiger partial charge < -0.3 is 15.6 Å². The summed E-state index contributed by atoms with van der Waals surface area (Å²) in [7, 11) is 3.05. The lowest BCUT2D eigenvalue weighted by Crippen LogP contribution is -2.09. The zero-order valence-electron chi connectivity index (χ0n) is 14.3. The molecule has 0 spiro atoms. The van der Waals surface area contributed by atoms with Crippen LogP contribution >= 0.6 is 21.6 Å². The number of amides is 1. The summed E-state index contributed by atoms with van der Waals surface area (Å²) in [5.41, 5.74) is 4.68. The monoisotopic (exact) mass is 364 g/mol. The molecule has 0 aliphatic heterocycles. The van der Waals surface area contributed by atoms with Crippen LogP contribution in [0.5, 0.6) is 0 Å². The molecule has 0 saturated heterocycles. The Bertz CT molecular complexity index is 372. The average molecular weight is 365 g/mol. The summed E-state index contributed by atoms with van der Waals surface area (Å²) in [5.74, 6) is -0.564. The number of hydrogen-bond acceptors (Lipinski definition) is 6. The Morgan fingerprint density at radius 1 is 1.26 bits per heavy atom. The molecule has 0 unspecified atom stereocenters. The molecule has 0 fully saturated rings. The Balaban J connectivity index is -0.000000373. The molecular weight excluding hydrogens is 336 g/mol. The van der Waals surface area contributed by atoms with Crippen LogP contribution in [-0.4, -0.2) is 40.6 Å². The molecule has 0 aromatic rings. The average Bonchev–Trinajstić information content (AvgIpc) is 2.52. The summed E-state index contributed by atoms with van der Waals surface area (Å²) in [6.07, 6.45) is 5.15. The maximum absolute atomic E-state index is 10.2. The number of carbonyl (C=O) groups excluding carboxylic acids is 2. The van der Waals surface area contributed by atoms with E-state index in [4.69, 9.17) is 5.11 Å². The predicted molar refractivity (Wildman–Crippen MR) is 101 cm³/mol. The SMILES string of the molecule is C/C=C\C(=NCC)SSCCC(=O)O.CC.NC(=O)CCC=O. The lowest BCUT2D eigenvalue weighted by atomic mass is 10.3. The van der Waals surface area contributed by atoms with Crippen LogP contribution in [0.2, 0.25) is 0 Å². The third-order valence-electron chi connectivity index (χ3n) is 1.68. The molecule has 1 amide bonds. The number of nitrogens with zero attached hydrogens (tertiary/aromatic N) is 1. The lowest BCUT2D eigenvalue weighted by molar-refractivity contribution is -0.136. The third kappa shape index (κ3) is 29.4. The Morgan fingerprint density at radius 2 is 1.87 bits per heavy atom. The van der Waals surface area contributed by atoms with Crippen molar-refractivity contribution in [3.8, 4) is 0 Å². The fourth-order valence-electron chi connectivity index (χ4n) is 0.837. The van der Waals surface area contributed by atoms with Crippen LogP contribution in [0.15, 0.2) is 17.1 Å². The normalized spacial score (nSPS) is 10.2. The van der Waals surface area contributed by atoms with Gasteiger partial charge in [0, 0.05) is 25.1 Å². The first-order valence-corrected chi connectivity index (χ1v) is 9.70. The molecule has 8 heteroatoms. The number of allylic oxidation sites excluding steroid dienone is 1. The van der Waals surface area contributed by atoms with E-state index in [1.54, 1.807) is 0 Å². The molecular formula is C15H28N2O4S2. The topological polar surface area (TPSA) is 110 Å². The second kappa shape index (κ2) is 23.0. The molecule has 0 bridgehead atoms. The van der Waals surface area contributed by atoms with Gasteiger partial charge in [0.1, 0.15) is 11.3 Å². The maximum Gasteiger partial charge on any atom is 0.304 e. The highest BCUT2D eigenvalue weighted by molar-refractivity contribution is 8.82. The molecule has 0 radical (unpaired) electrons. The van der Waals surface area contributed by atoms with Crippen molar-refractivity contribution in [3.05, 3.63) is 12.2 Å². The standard InChI is InChI=1S/C9H15NO2S2.C4H7NO2.C2H6/c1-3-5-8(10-4-2)14-13-7-6-9(11)12;5-4(7)2-1-3-6;1-2/h3,5H,4,6-7H2,1-2H3,(H,11,12);3H,1-2H2,(H2,5,7);1-2H3/b5-3-,10-8?;;. The highest BCUT2D eigenvalue weighted by atomic mass is 33.1. The quantitative estimate of drug-likeness (QED) is 0.213. The van der Waals surface area contributed by atoms with Crippen LogP contribution in [0.1, 0.15) is 47.0 Å². The van der Waals surface area contributed by atoms with Gasteiger partial charge in [0.25, 0.3) is 0 Å². The van der Waals surface area contributed by atoms with Crippen molar-refractivity contribution in [2.45, 2.75) is 47.0 Å². The summed E-state index contributed by atoms with van der Waals surface area (Å²) < 4.78 is 0. The Morgan fingerprint density at radius 3 is 2.22 bits per heavy atom. The minimum atomic E-state index is -0.752. The molecule has 0 heterocycles. The molecule has 0 aliphatic rings. The molecule has 3 N–H and O–H groups in total. The first-order chi connectivity index (χ1) is 11.0. The molecule has 0 rings (SSSR count). The Labute approximate surface area is 146 Å². The van der Waals surface area contributed by atoms with Gasteiger partial charge in [-0.2, -0.15) is 0 Å². The van der Waals surface area contributed by atoms with Crippen LogP contribution in [0.25, 0.3) is 0 Å². The first-order valence-electron chi connectivity index (χ1n) is 7.38. The molecule has 0 atom stereocenters. The lowest BCUT2D eigenvalue weighted by Gasteiger charge is -1.98. The molecule has 0 aromatic carbocycles. The summed E-state index contributed by atoms with van der Waals surface area (Å²) >= 11 is 0. The predicted octanol–water partition coefficient (Wildman–Crippen LogP) is 3.31. The zero-order valence-corrected chi connectivity index (χ0v) is 15.9. The van der Waals surface area contributed by atoms with Crippen molar-refractivity contribution < 1.29 is 19.5 Å². The van der Waals surface area contributed by atoms with Crippen LogP contribution in [0.4, 0.5) is 0 Å². The van der Waals surface area contributed by atoms with Gasteiger partial charge in [-0.15, -0.1) is 0 Å². The number of carbonyl (C=O) groups is 3. The van der Waals surface area contributed by atoms with E-state index in [0.29, 0.717) is 12.0 Å². The number of carboxylic acids is 1. The summed E-state index contributed by atoms with van der Waals surface area (Å²) in [6.45, 7) is 8.67. The van der Waals surface area contributed by atoms with Gasteiger partial charge in [-0.3, -0.25) is 14.6 Å². The van der Waals surface area contributed by atoms with E-state index in [9.17, 15) is 14.4 Å². The molecule has 0 aliphatic carbocycles. The minimum Gasteiger partial charge on any atom is -0.481 e. The van der Waals surface area contributed by atoms with Gasteiger partial charge in [0.15, 0.2) is 0 Å². The molecule has 6 nitrogen and oxygen atoms in total. The van der Waals surface area contributed by atoms with Crippen molar-refractivity contribution in [2.75, 3.05) is 12.3 Å².